The highest BCUT2D eigenvalue weighted by molar-refractivity contribution is 8.15. The van der Waals surface area contributed by atoms with Gasteiger partial charge in [0, 0.05) is 17.3 Å². The van der Waals surface area contributed by atoms with E-state index in [2.05, 4.69) is 11.1 Å². The molecule has 4 aliphatic carbocycles. The second-order valence-electron chi connectivity index (χ2n) is 10.4. The number of carbonyl (C=O) groups excluding carboxylic acids is 2. The summed E-state index contributed by atoms with van der Waals surface area (Å²) in [5, 5.41) is 10.4. The summed E-state index contributed by atoms with van der Waals surface area (Å²) < 4.78 is 0. The molecule has 6 bridgehead atoms. The van der Waals surface area contributed by atoms with E-state index in [4.69, 9.17) is 0 Å². The standard InChI is InChI=1S/C25H24N2O3S/c28-20-4-2-16(8-18(20)25-9-13-5-14(10-25)7-15(6-13)11-25)19-3-1-17(12-26-19)21-22-23(29)27(21)24(30)31-22/h1-4,8,12-15,21-22,28H,5-7,9-11H2. The smallest absolute Gasteiger partial charge is 0.289 e. The number of nitrogens with zero attached hydrogens (tertiary/aromatic N) is 2. The summed E-state index contributed by atoms with van der Waals surface area (Å²) in [5.41, 5.74) is 4.04. The normalized spacial score (nSPS) is 37.4. The first-order valence-corrected chi connectivity index (χ1v) is 12.2. The lowest BCUT2D eigenvalue weighted by molar-refractivity contribution is -0.137. The minimum Gasteiger partial charge on any atom is -0.508 e. The number of hydrogen-bond donors (Lipinski definition) is 1. The van der Waals surface area contributed by atoms with Crippen LogP contribution in [-0.2, 0) is 10.2 Å². The molecule has 3 saturated heterocycles. The molecule has 0 spiro atoms. The van der Waals surface area contributed by atoms with E-state index in [0.717, 1.165) is 51.9 Å². The second-order valence-corrected chi connectivity index (χ2v) is 11.5. The Hall–Kier alpha value is -2.34. The van der Waals surface area contributed by atoms with Gasteiger partial charge in [-0.3, -0.25) is 19.5 Å². The molecule has 2 amide bonds. The summed E-state index contributed by atoms with van der Waals surface area (Å²) in [4.78, 5) is 29.8. The average Bonchev–Trinajstić information content (AvgIpc) is 3.25. The maximum Gasteiger partial charge on any atom is 0.289 e. The fourth-order valence-corrected chi connectivity index (χ4v) is 8.74. The zero-order valence-electron chi connectivity index (χ0n) is 17.2. The van der Waals surface area contributed by atoms with Gasteiger partial charge >= 0.3 is 0 Å². The Balaban J connectivity index is 1.21. The van der Waals surface area contributed by atoms with Crippen molar-refractivity contribution in [2.75, 3.05) is 0 Å². The highest BCUT2D eigenvalue weighted by Gasteiger charge is 2.60. The van der Waals surface area contributed by atoms with E-state index in [-0.39, 0.29) is 27.9 Å². The number of fused-ring (bicyclic) bond motifs is 1. The van der Waals surface area contributed by atoms with Crippen molar-refractivity contribution in [2.24, 2.45) is 17.8 Å². The minimum absolute atomic E-state index is 0.0807. The van der Waals surface area contributed by atoms with Crippen molar-refractivity contribution in [1.82, 2.24) is 9.88 Å². The van der Waals surface area contributed by atoms with Crippen LogP contribution in [0.25, 0.3) is 11.3 Å². The molecule has 4 saturated carbocycles. The van der Waals surface area contributed by atoms with Crippen molar-refractivity contribution in [1.29, 1.82) is 0 Å². The minimum atomic E-state index is -0.281. The Bertz CT molecular complexity index is 1080. The fourth-order valence-electron chi connectivity index (χ4n) is 7.58. The van der Waals surface area contributed by atoms with Gasteiger partial charge in [0.05, 0.1) is 11.7 Å². The molecule has 5 nitrogen and oxygen atoms in total. The molecule has 7 aliphatic rings. The number of carbonyl (C=O) groups is 2. The number of phenols is 1. The largest absolute Gasteiger partial charge is 0.508 e. The highest BCUT2D eigenvalue weighted by Crippen LogP contribution is 2.62. The van der Waals surface area contributed by atoms with Crippen LogP contribution in [0.1, 0.15) is 55.7 Å². The molecular formula is C25H24N2O3S. The van der Waals surface area contributed by atoms with Crippen LogP contribution in [0.15, 0.2) is 36.5 Å². The van der Waals surface area contributed by atoms with Gasteiger partial charge in [-0.2, -0.15) is 0 Å². The summed E-state index contributed by atoms with van der Waals surface area (Å²) in [6.07, 6.45) is 9.56. The fraction of sp³-hybridized carbons (Fsp3) is 0.480. The van der Waals surface area contributed by atoms with Crippen LogP contribution in [0.2, 0.25) is 0 Å². The van der Waals surface area contributed by atoms with E-state index >= 15 is 0 Å². The van der Waals surface area contributed by atoms with Gasteiger partial charge in [0.15, 0.2) is 0 Å². The molecule has 2 unspecified atom stereocenters. The quantitative estimate of drug-likeness (QED) is 0.688. The first-order valence-electron chi connectivity index (χ1n) is 11.3. The van der Waals surface area contributed by atoms with Gasteiger partial charge in [0.2, 0.25) is 5.91 Å². The molecule has 1 aromatic carbocycles. The number of rotatable bonds is 3. The first kappa shape index (κ1) is 18.3. The Morgan fingerprint density at radius 1 is 1.00 bits per heavy atom. The molecule has 31 heavy (non-hydrogen) atoms. The lowest BCUT2D eigenvalue weighted by Gasteiger charge is -2.57. The van der Waals surface area contributed by atoms with E-state index in [1.807, 2.05) is 24.3 Å². The van der Waals surface area contributed by atoms with Crippen molar-refractivity contribution in [3.8, 4) is 17.0 Å². The topological polar surface area (TPSA) is 70.5 Å². The molecule has 9 rings (SSSR count). The average molecular weight is 433 g/mol. The number of imide groups is 1. The number of hydrogen-bond acceptors (Lipinski definition) is 5. The van der Waals surface area contributed by atoms with Crippen LogP contribution in [0.4, 0.5) is 4.79 Å². The summed E-state index contributed by atoms with van der Waals surface area (Å²) in [6, 6.07) is 9.74. The molecule has 1 N–H and O–H groups in total. The summed E-state index contributed by atoms with van der Waals surface area (Å²) >= 11 is 1.12. The van der Waals surface area contributed by atoms with Gasteiger partial charge < -0.3 is 5.11 Å². The number of phenolic OH excluding ortho intramolecular Hbond substituents is 1. The Kier molecular flexibility index (Phi) is 3.61. The molecule has 2 aromatic rings. The zero-order valence-corrected chi connectivity index (χ0v) is 18.0. The van der Waals surface area contributed by atoms with E-state index in [1.54, 1.807) is 6.20 Å². The van der Waals surface area contributed by atoms with E-state index in [1.165, 1.54) is 43.4 Å². The maximum atomic E-state index is 11.9. The molecule has 158 valence electrons. The van der Waals surface area contributed by atoms with E-state index in [9.17, 15) is 14.7 Å². The highest BCUT2D eigenvalue weighted by atomic mass is 32.2. The van der Waals surface area contributed by atoms with Crippen LogP contribution in [0.3, 0.4) is 0 Å². The molecule has 3 aliphatic heterocycles. The van der Waals surface area contributed by atoms with Gasteiger partial charge in [-0.25, -0.2) is 0 Å². The van der Waals surface area contributed by atoms with E-state index in [0.29, 0.717) is 5.75 Å². The number of β-lactam (4-membered cyclic amide) rings is 1. The zero-order chi connectivity index (χ0) is 20.9. The Morgan fingerprint density at radius 3 is 2.26 bits per heavy atom. The van der Waals surface area contributed by atoms with Crippen LogP contribution in [0.5, 0.6) is 5.75 Å². The Morgan fingerprint density at radius 2 is 1.71 bits per heavy atom. The van der Waals surface area contributed by atoms with E-state index < -0.39 is 0 Å². The molecule has 1 aromatic heterocycles. The van der Waals surface area contributed by atoms with Crippen LogP contribution < -0.4 is 0 Å². The predicted octanol–water partition coefficient (Wildman–Crippen LogP) is 5.04. The van der Waals surface area contributed by atoms with Gasteiger partial charge in [-0.05, 0) is 103 Å². The molecule has 0 radical (unpaired) electrons. The van der Waals surface area contributed by atoms with Gasteiger partial charge in [0.25, 0.3) is 5.24 Å². The lowest BCUT2D eigenvalue weighted by atomic mass is 9.48. The Labute approximate surface area is 185 Å². The molecule has 2 atom stereocenters. The number of pyridine rings is 1. The number of thioether (sulfide) groups is 1. The van der Waals surface area contributed by atoms with Crippen molar-refractivity contribution in [3.05, 3.63) is 47.7 Å². The third-order valence-electron chi connectivity index (χ3n) is 8.50. The predicted molar refractivity (Wildman–Crippen MR) is 118 cm³/mol. The molecule has 4 heterocycles. The van der Waals surface area contributed by atoms with Crippen molar-refractivity contribution >= 4 is 22.9 Å². The monoisotopic (exact) mass is 432 g/mol. The number of benzene rings is 1. The van der Waals surface area contributed by atoms with Gasteiger partial charge in [-0.15, -0.1) is 0 Å². The van der Waals surface area contributed by atoms with Crippen LogP contribution >= 0.6 is 11.8 Å². The van der Waals surface area contributed by atoms with Gasteiger partial charge in [0.1, 0.15) is 11.0 Å². The third-order valence-corrected chi connectivity index (χ3v) is 9.61. The second kappa shape index (κ2) is 6.12. The van der Waals surface area contributed by atoms with Crippen LogP contribution in [-0.4, -0.2) is 31.4 Å². The SMILES string of the molecule is O=C1SC2C(=O)N1C2c1ccc(-c2ccc(O)c(C34CC5CC(CC(C5)C3)C4)c2)nc1. The number of amides is 2. The lowest BCUT2D eigenvalue weighted by Crippen LogP contribution is -2.50. The van der Waals surface area contributed by atoms with Gasteiger partial charge in [-0.1, -0.05) is 6.07 Å². The van der Waals surface area contributed by atoms with Crippen LogP contribution in [0, 0.1) is 17.8 Å². The molecular weight excluding hydrogens is 408 g/mol. The van der Waals surface area contributed by atoms with Crippen molar-refractivity contribution in [3.63, 3.8) is 0 Å². The maximum absolute atomic E-state index is 11.9. The molecule has 7 fully saturated rings. The third kappa shape index (κ3) is 2.48. The summed E-state index contributed by atoms with van der Waals surface area (Å²) in [7, 11) is 0. The summed E-state index contributed by atoms with van der Waals surface area (Å²) in [6.45, 7) is 0. The first-order chi connectivity index (χ1) is 15.0. The number of aromatic nitrogens is 1. The summed E-state index contributed by atoms with van der Waals surface area (Å²) in [5.74, 6) is 2.81. The number of aromatic hydroxyl groups is 1. The van der Waals surface area contributed by atoms with Crippen molar-refractivity contribution in [2.45, 2.75) is 55.2 Å². The van der Waals surface area contributed by atoms with Crippen molar-refractivity contribution < 1.29 is 14.7 Å². The molecule has 6 heteroatoms.